The summed E-state index contributed by atoms with van der Waals surface area (Å²) in [6.07, 6.45) is 8.82. The molecule has 0 spiro atoms. The minimum absolute atomic E-state index is 0.196. The minimum Gasteiger partial charge on any atom is -0.299 e. The number of rotatable bonds is 7. The SMILES string of the molecule is CCCCCCCC(=O)C1CC(C)CCC1=O. The predicted octanol–water partition coefficient (Wildman–Crippen LogP) is 3.92. The fourth-order valence-electron chi connectivity index (χ4n) is 2.60. The van der Waals surface area contributed by atoms with Crippen molar-refractivity contribution in [1.29, 1.82) is 0 Å². The smallest absolute Gasteiger partial charge is 0.143 e. The van der Waals surface area contributed by atoms with Crippen molar-refractivity contribution >= 4 is 11.6 Å². The molecule has 2 nitrogen and oxygen atoms in total. The first-order valence-corrected chi connectivity index (χ1v) is 7.20. The molecule has 0 bridgehead atoms. The highest BCUT2D eigenvalue weighted by Gasteiger charge is 2.31. The Morgan fingerprint density at radius 1 is 1.24 bits per heavy atom. The Morgan fingerprint density at radius 3 is 2.65 bits per heavy atom. The second-order valence-corrected chi connectivity index (χ2v) is 5.53. The first-order valence-electron chi connectivity index (χ1n) is 7.20. The van der Waals surface area contributed by atoms with E-state index in [4.69, 9.17) is 0 Å². The molecule has 0 aromatic rings. The van der Waals surface area contributed by atoms with Crippen molar-refractivity contribution in [2.45, 2.75) is 71.6 Å². The molecule has 0 aromatic carbocycles. The van der Waals surface area contributed by atoms with Gasteiger partial charge in [-0.15, -0.1) is 0 Å². The molecular formula is C15H26O2. The van der Waals surface area contributed by atoms with Gasteiger partial charge in [0.15, 0.2) is 0 Å². The lowest BCUT2D eigenvalue weighted by Crippen LogP contribution is -2.30. The second-order valence-electron chi connectivity index (χ2n) is 5.53. The van der Waals surface area contributed by atoms with E-state index in [0.29, 0.717) is 18.8 Å². The van der Waals surface area contributed by atoms with Gasteiger partial charge in [0.25, 0.3) is 0 Å². The number of carbonyl (C=O) groups excluding carboxylic acids is 2. The van der Waals surface area contributed by atoms with E-state index in [1.807, 2.05) is 0 Å². The maximum absolute atomic E-state index is 12.0. The lowest BCUT2D eigenvalue weighted by Gasteiger charge is -2.24. The van der Waals surface area contributed by atoms with Gasteiger partial charge in [0.05, 0.1) is 5.92 Å². The Morgan fingerprint density at radius 2 is 1.94 bits per heavy atom. The zero-order chi connectivity index (χ0) is 12.7. The number of Topliss-reactive ketones (excluding diaryl/α,β-unsaturated/α-hetero) is 2. The fourth-order valence-corrected chi connectivity index (χ4v) is 2.60. The first-order chi connectivity index (χ1) is 8.15. The molecule has 1 rings (SSSR count). The summed E-state index contributed by atoms with van der Waals surface area (Å²) in [5.41, 5.74) is 0. The van der Waals surface area contributed by atoms with Gasteiger partial charge >= 0.3 is 0 Å². The molecule has 2 heteroatoms. The van der Waals surface area contributed by atoms with Crippen molar-refractivity contribution in [2.75, 3.05) is 0 Å². The molecule has 0 N–H and O–H groups in total. The Bertz CT molecular complexity index is 258. The van der Waals surface area contributed by atoms with Gasteiger partial charge in [-0.3, -0.25) is 9.59 Å². The third-order valence-electron chi connectivity index (χ3n) is 3.83. The Hall–Kier alpha value is -0.660. The van der Waals surface area contributed by atoms with E-state index < -0.39 is 0 Å². The van der Waals surface area contributed by atoms with Crippen molar-refractivity contribution in [3.05, 3.63) is 0 Å². The summed E-state index contributed by atoms with van der Waals surface area (Å²) in [6, 6.07) is 0. The molecule has 17 heavy (non-hydrogen) atoms. The lowest BCUT2D eigenvalue weighted by molar-refractivity contribution is -0.135. The van der Waals surface area contributed by atoms with Crippen molar-refractivity contribution < 1.29 is 9.59 Å². The summed E-state index contributed by atoms with van der Waals surface area (Å²) < 4.78 is 0. The number of unbranched alkanes of at least 4 members (excludes halogenated alkanes) is 4. The third-order valence-corrected chi connectivity index (χ3v) is 3.83. The van der Waals surface area contributed by atoms with Gasteiger partial charge in [-0.25, -0.2) is 0 Å². The van der Waals surface area contributed by atoms with Crippen LogP contribution >= 0.6 is 0 Å². The zero-order valence-corrected chi connectivity index (χ0v) is 11.3. The lowest BCUT2D eigenvalue weighted by atomic mass is 9.78. The fraction of sp³-hybridized carbons (Fsp3) is 0.867. The quantitative estimate of drug-likeness (QED) is 0.497. The largest absolute Gasteiger partial charge is 0.299 e. The maximum atomic E-state index is 12.0. The summed E-state index contributed by atoms with van der Waals surface area (Å²) in [4.78, 5) is 23.7. The van der Waals surface area contributed by atoms with Gasteiger partial charge in [0.2, 0.25) is 0 Å². The van der Waals surface area contributed by atoms with Gasteiger partial charge in [-0.2, -0.15) is 0 Å². The van der Waals surface area contributed by atoms with Crippen LogP contribution < -0.4 is 0 Å². The van der Waals surface area contributed by atoms with E-state index >= 15 is 0 Å². The van der Waals surface area contributed by atoms with Crippen molar-refractivity contribution in [2.24, 2.45) is 11.8 Å². The van der Waals surface area contributed by atoms with Crippen LogP contribution in [0.5, 0.6) is 0 Å². The molecule has 0 aromatic heterocycles. The zero-order valence-electron chi connectivity index (χ0n) is 11.3. The van der Waals surface area contributed by atoms with Crippen molar-refractivity contribution in [3.8, 4) is 0 Å². The molecule has 0 aliphatic heterocycles. The van der Waals surface area contributed by atoms with E-state index in [0.717, 1.165) is 25.7 Å². The first kappa shape index (κ1) is 14.4. The maximum Gasteiger partial charge on any atom is 0.143 e. The third kappa shape index (κ3) is 5.01. The summed E-state index contributed by atoms with van der Waals surface area (Å²) in [5.74, 6) is 0.686. The van der Waals surface area contributed by atoms with E-state index in [2.05, 4.69) is 13.8 Å². The molecular weight excluding hydrogens is 212 g/mol. The van der Waals surface area contributed by atoms with Crippen LogP contribution in [0.25, 0.3) is 0 Å². The molecule has 2 unspecified atom stereocenters. The van der Waals surface area contributed by atoms with E-state index in [1.54, 1.807) is 0 Å². The number of hydrogen-bond acceptors (Lipinski definition) is 2. The molecule has 0 saturated heterocycles. The molecule has 0 heterocycles. The van der Waals surface area contributed by atoms with Crippen LogP contribution in [0.2, 0.25) is 0 Å². The highest BCUT2D eigenvalue weighted by atomic mass is 16.1. The standard InChI is InChI=1S/C15H26O2/c1-3-4-5-6-7-8-14(16)13-11-12(2)9-10-15(13)17/h12-13H,3-11H2,1-2H3. The van der Waals surface area contributed by atoms with Gasteiger partial charge in [0.1, 0.15) is 11.6 Å². The van der Waals surface area contributed by atoms with Crippen molar-refractivity contribution in [3.63, 3.8) is 0 Å². The average molecular weight is 238 g/mol. The normalized spacial score (nSPS) is 24.9. The molecule has 98 valence electrons. The minimum atomic E-state index is -0.259. The number of hydrogen-bond donors (Lipinski definition) is 0. The monoisotopic (exact) mass is 238 g/mol. The highest BCUT2D eigenvalue weighted by molar-refractivity contribution is 6.02. The molecule has 1 aliphatic rings. The van der Waals surface area contributed by atoms with Crippen LogP contribution in [0.15, 0.2) is 0 Å². The Balaban J connectivity index is 2.24. The average Bonchev–Trinajstić information content (AvgIpc) is 2.32. The topological polar surface area (TPSA) is 34.1 Å². The Labute approximate surface area is 105 Å². The van der Waals surface area contributed by atoms with Gasteiger partial charge < -0.3 is 0 Å². The molecule has 2 atom stereocenters. The number of carbonyl (C=O) groups is 2. The second kappa shape index (κ2) is 7.62. The summed E-state index contributed by atoms with van der Waals surface area (Å²) >= 11 is 0. The van der Waals surface area contributed by atoms with Crippen molar-refractivity contribution in [1.82, 2.24) is 0 Å². The summed E-state index contributed by atoms with van der Waals surface area (Å²) in [5, 5.41) is 0. The van der Waals surface area contributed by atoms with E-state index in [-0.39, 0.29) is 17.5 Å². The van der Waals surface area contributed by atoms with E-state index in [9.17, 15) is 9.59 Å². The molecule has 0 radical (unpaired) electrons. The van der Waals surface area contributed by atoms with Crippen LogP contribution in [0.1, 0.15) is 71.6 Å². The number of ketones is 2. The molecule has 0 amide bonds. The van der Waals surface area contributed by atoms with Crippen LogP contribution in [-0.4, -0.2) is 11.6 Å². The molecule has 1 saturated carbocycles. The highest BCUT2D eigenvalue weighted by Crippen LogP contribution is 2.27. The van der Waals surface area contributed by atoms with Crippen LogP contribution in [0.4, 0.5) is 0 Å². The summed E-state index contributed by atoms with van der Waals surface area (Å²) in [6.45, 7) is 4.33. The molecule has 1 fully saturated rings. The predicted molar refractivity (Wildman–Crippen MR) is 69.9 cm³/mol. The van der Waals surface area contributed by atoms with Gasteiger partial charge in [-0.05, 0) is 25.2 Å². The Kier molecular flexibility index (Phi) is 6.46. The van der Waals surface area contributed by atoms with Crippen LogP contribution in [-0.2, 0) is 9.59 Å². The summed E-state index contributed by atoms with van der Waals surface area (Å²) in [7, 11) is 0. The van der Waals surface area contributed by atoms with Crippen LogP contribution in [0, 0.1) is 11.8 Å². The van der Waals surface area contributed by atoms with Crippen LogP contribution in [0.3, 0.4) is 0 Å². The molecule has 1 aliphatic carbocycles. The van der Waals surface area contributed by atoms with Gasteiger partial charge in [-0.1, -0.05) is 39.5 Å². The van der Waals surface area contributed by atoms with Gasteiger partial charge in [0, 0.05) is 12.8 Å². The van der Waals surface area contributed by atoms with E-state index in [1.165, 1.54) is 19.3 Å².